The van der Waals surface area contributed by atoms with Crippen LogP contribution in [0.4, 0.5) is 4.39 Å². The van der Waals surface area contributed by atoms with Crippen molar-refractivity contribution in [1.82, 2.24) is 15.1 Å². The number of fused-ring (bicyclic) bond motifs is 1. The number of carbonyl (C=O) groups excluding carboxylic acids is 1. The zero-order valence-electron chi connectivity index (χ0n) is 26.9. The van der Waals surface area contributed by atoms with Gasteiger partial charge in [0, 0.05) is 38.2 Å². The number of aliphatic hydroxyl groups is 1. The number of allylic oxidation sites excluding steroid dienone is 2. The summed E-state index contributed by atoms with van der Waals surface area (Å²) in [4.78, 5) is 30.5. The van der Waals surface area contributed by atoms with Crippen LogP contribution in [0.15, 0.2) is 12.2 Å². The van der Waals surface area contributed by atoms with Crippen LogP contribution in [-0.2, 0) is 14.3 Å². The number of halogens is 1. The van der Waals surface area contributed by atoms with Gasteiger partial charge in [-0.05, 0) is 108 Å². The fourth-order valence-electron chi connectivity index (χ4n) is 10.1. The van der Waals surface area contributed by atoms with Gasteiger partial charge in [-0.3, -0.25) is 19.8 Å². The quantitative estimate of drug-likeness (QED) is 0.354. The average Bonchev–Trinajstić information content (AvgIpc) is 3.46. The van der Waals surface area contributed by atoms with E-state index < -0.39 is 23.7 Å². The summed E-state index contributed by atoms with van der Waals surface area (Å²) >= 11 is 0. The highest BCUT2D eigenvalue weighted by Gasteiger charge is 2.51. The van der Waals surface area contributed by atoms with Gasteiger partial charge in [0.1, 0.15) is 12.2 Å². The summed E-state index contributed by atoms with van der Waals surface area (Å²) in [5.41, 5.74) is -0.940. The third-order valence-corrected chi connectivity index (χ3v) is 12.6. The molecule has 11 atom stereocenters. The maximum atomic E-state index is 15.6. The minimum Gasteiger partial charge on any atom is -0.481 e. The summed E-state index contributed by atoms with van der Waals surface area (Å²) in [6, 6.07) is -0.105. The monoisotopic (exact) mass is 617 g/mol. The second-order valence-electron chi connectivity index (χ2n) is 15.2. The third kappa shape index (κ3) is 6.63. The van der Waals surface area contributed by atoms with Crippen LogP contribution in [0.2, 0.25) is 0 Å². The van der Waals surface area contributed by atoms with Gasteiger partial charge >= 0.3 is 5.97 Å². The van der Waals surface area contributed by atoms with E-state index in [0.717, 1.165) is 57.8 Å². The summed E-state index contributed by atoms with van der Waals surface area (Å²) in [6.07, 6.45) is 14.3. The number of carboxylic acids is 1. The summed E-state index contributed by atoms with van der Waals surface area (Å²) < 4.78 is 21.6. The van der Waals surface area contributed by atoms with Crippen LogP contribution >= 0.6 is 0 Å². The van der Waals surface area contributed by atoms with Gasteiger partial charge in [0.05, 0.1) is 23.8 Å². The van der Waals surface area contributed by atoms with Gasteiger partial charge in [0.15, 0.2) is 0 Å². The number of nitrogens with zero attached hydrogens (tertiary/aromatic N) is 2. The number of amides is 1. The Hall–Kier alpha value is -1.55. The smallest absolute Gasteiger partial charge is 0.307 e. The van der Waals surface area contributed by atoms with Crippen LogP contribution < -0.4 is 5.32 Å². The van der Waals surface area contributed by atoms with E-state index in [1.54, 1.807) is 0 Å². The zero-order valence-corrected chi connectivity index (χ0v) is 26.9. The Morgan fingerprint density at radius 1 is 1.07 bits per heavy atom. The molecule has 248 valence electrons. The van der Waals surface area contributed by atoms with Gasteiger partial charge in [-0.1, -0.05) is 25.5 Å². The number of likely N-dealkylation sites (tertiary alicyclic amines) is 1. The molecule has 3 N–H and O–H groups in total. The Kier molecular flexibility index (Phi) is 10.1. The fraction of sp³-hybridized carbons (Fsp3) is 0.886. The minimum atomic E-state index is -0.940. The maximum absolute atomic E-state index is 15.6. The second kappa shape index (κ2) is 13.7. The molecule has 2 aliphatic heterocycles. The molecule has 1 amide bonds. The molecular weight excluding hydrogens is 561 g/mol. The predicted molar refractivity (Wildman–Crippen MR) is 166 cm³/mol. The van der Waals surface area contributed by atoms with Crippen molar-refractivity contribution in [3.05, 3.63) is 12.2 Å². The molecule has 0 aromatic heterocycles. The predicted octanol–water partition coefficient (Wildman–Crippen LogP) is 4.76. The van der Waals surface area contributed by atoms with Crippen molar-refractivity contribution in [3.8, 4) is 0 Å². The third-order valence-electron chi connectivity index (χ3n) is 12.6. The van der Waals surface area contributed by atoms with E-state index in [2.05, 4.69) is 29.3 Å². The Bertz CT molecular complexity index is 1050. The number of ether oxygens (including phenoxy) is 1. The van der Waals surface area contributed by atoms with Crippen molar-refractivity contribution in [2.45, 2.75) is 133 Å². The summed E-state index contributed by atoms with van der Waals surface area (Å²) in [5.74, 6) is -0.558. The molecule has 0 spiro atoms. The molecular formula is C35H56FN3O5. The van der Waals surface area contributed by atoms with E-state index in [9.17, 15) is 19.8 Å². The number of aliphatic carboxylic acids is 1. The summed E-state index contributed by atoms with van der Waals surface area (Å²) in [5, 5.41) is 25.5. The van der Waals surface area contributed by atoms with Crippen LogP contribution in [0, 0.1) is 35.5 Å². The van der Waals surface area contributed by atoms with E-state index in [1.165, 1.54) is 0 Å². The first-order chi connectivity index (χ1) is 21.2. The van der Waals surface area contributed by atoms with Crippen molar-refractivity contribution in [2.24, 2.45) is 35.5 Å². The molecule has 9 heteroatoms. The maximum Gasteiger partial charge on any atom is 0.307 e. The van der Waals surface area contributed by atoms with Gasteiger partial charge < -0.3 is 19.8 Å². The molecule has 8 nitrogen and oxygen atoms in total. The minimum absolute atomic E-state index is 0.0563. The molecule has 2 heterocycles. The molecule has 0 radical (unpaired) electrons. The van der Waals surface area contributed by atoms with E-state index in [0.29, 0.717) is 63.8 Å². The van der Waals surface area contributed by atoms with Crippen LogP contribution in [0.25, 0.3) is 0 Å². The van der Waals surface area contributed by atoms with E-state index >= 15 is 4.39 Å². The molecule has 0 aromatic rings. The molecule has 3 saturated carbocycles. The number of alkyl halides is 1. The highest BCUT2D eigenvalue weighted by atomic mass is 19.1. The highest BCUT2D eigenvalue weighted by molar-refractivity contribution is 5.82. The number of hydrogen-bond donors (Lipinski definition) is 3. The normalized spacial score (nSPS) is 43.0. The Morgan fingerprint density at radius 3 is 2.59 bits per heavy atom. The number of hydrogen-bond acceptors (Lipinski definition) is 6. The van der Waals surface area contributed by atoms with Crippen LogP contribution in [0.5, 0.6) is 0 Å². The number of carbonyl (C=O) groups is 2. The van der Waals surface area contributed by atoms with Crippen LogP contribution in [0.3, 0.4) is 0 Å². The standard InChI is InChI=1S/C35H56FN3O5/c1-3-44-26-9-6-8-25(20-26)39-21-31(37-32(39)28-12-11-22(2)17-30(28)36)33(40)38-15-13-35(43,14-16-38)24-18-23-7-4-5-10-27(23)29(19-24)34(41)42/h5,10,22-32,37,43H,3-4,6-9,11-21H2,1-2H3,(H,41,42)/t22?,23?,24-,25?,26?,27?,28?,29?,30?,31?,32?/m1/s1. The van der Waals surface area contributed by atoms with Crippen molar-refractivity contribution in [1.29, 1.82) is 0 Å². The van der Waals surface area contributed by atoms with E-state index in [-0.39, 0.29) is 48.0 Å². The molecule has 6 aliphatic rings. The van der Waals surface area contributed by atoms with Gasteiger partial charge in [-0.25, -0.2) is 4.39 Å². The van der Waals surface area contributed by atoms with Crippen LogP contribution in [0.1, 0.15) is 97.3 Å². The summed E-state index contributed by atoms with van der Waals surface area (Å²) in [7, 11) is 0. The van der Waals surface area contributed by atoms with Crippen molar-refractivity contribution in [2.75, 3.05) is 26.2 Å². The fourth-order valence-corrected chi connectivity index (χ4v) is 10.1. The van der Waals surface area contributed by atoms with Gasteiger partial charge in [0.25, 0.3) is 0 Å². The molecule has 10 unspecified atom stereocenters. The highest BCUT2D eigenvalue weighted by Crippen LogP contribution is 2.49. The number of nitrogens with one attached hydrogen (secondary N) is 1. The second-order valence-corrected chi connectivity index (χ2v) is 15.2. The molecule has 0 bridgehead atoms. The lowest BCUT2D eigenvalue weighted by Gasteiger charge is -2.49. The molecule has 6 rings (SSSR count). The lowest BCUT2D eigenvalue weighted by atomic mass is 9.60. The first-order valence-corrected chi connectivity index (χ1v) is 17.8. The summed E-state index contributed by atoms with van der Waals surface area (Å²) in [6.45, 7) is 6.42. The van der Waals surface area contributed by atoms with Gasteiger partial charge in [-0.2, -0.15) is 0 Å². The molecule has 4 aliphatic carbocycles. The topological polar surface area (TPSA) is 102 Å². The first-order valence-electron chi connectivity index (χ1n) is 17.8. The Morgan fingerprint density at radius 2 is 1.86 bits per heavy atom. The number of rotatable bonds is 7. The molecule has 0 aromatic carbocycles. The van der Waals surface area contributed by atoms with Gasteiger partial charge in [0.2, 0.25) is 5.91 Å². The van der Waals surface area contributed by atoms with Crippen molar-refractivity contribution >= 4 is 11.9 Å². The zero-order chi connectivity index (χ0) is 31.0. The van der Waals surface area contributed by atoms with Crippen molar-refractivity contribution < 1.29 is 28.9 Å². The van der Waals surface area contributed by atoms with Crippen LogP contribution in [-0.4, -0.2) is 94.3 Å². The SMILES string of the molecule is CCOC1CCCC(N2CC(C(=O)N3CCC(O)([C@@H]4CC5CCC=CC5C(C(=O)O)C4)CC3)NC2C2CCC(C)CC2F)C1. The number of carboxylic acid groups (broad SMARTS) is 1. The molecule has 2 saturated heterocycles. The Labute approximate surface area is 263 Å². The van der Waals surface area contributed by atoms with Crippen molar-refractivity contribution in [3.63, 3.8) is 0 Å². The lowest BCUT2D eigenvalue weighted by molar-refractivity contribution is -0.152. The first kappa shape index (κ1) is 32.4. The largest absolute Gasteiger partial charge is 0.481 e. The Balaban J connectivity index is 1.11. The number of piperidine rings is 1. The average molecular weight is 618 g/mol. The van der Waals surface area contributed by atoms with E-state index in [1.807, 2.05) is 11.8 Å². The lowest BCUT2D eigenvalue weighted by Crippen LogP contribution is -2.56. The molecule has 44 heavy (non-hydrogen) atoms. The molecule has 5 fully saturated rings. The van der Waals surface area contributed by atoms with Gasteiger partial charge in [-0.15, -0.1) is 0 Å². The van der Waals surface area contributed by atoms with E-state index in [4.69, 9.17) is 4.74 Å².